The molecule has 1 heterocycles. The summed E-state index contributed by atoms with van der Waals surface area (Å²) < 4.78 is 0. The van der Waals surface area contributed by atoms with Gasteiger partial charge in [0.15, 0.2) is 0 Å². The number of hydrogen-bond donors (Lipinski definition) is 1. The molecule has 0 aromatic heterocycles. The molecule has 0 spiro atoms. The lowest BCUT2D eigenvalue weighted by molar-refractivity contribution is 0.174. The Kier molecular flexibility index (Phi) is 3.57. The number of phenolic OH excluding ortho intramolecular Hbond substituents is 1. The summed E-state index contributed by atoms with van der Waals surface area (Å²) in [7, 11) is 0. The fourth-order valence-electron chi connectivity index (χ4n) is 2.45. The average Bonchev–Trinajstić information content (AvgIpc) is 2.79. The third-order valence-corrected chi connectivity index (χ3v) is 3.66. The van der Waals surface area contributed by atoms with Crippen LogP contribution < -0.4 is 0 Å². The van der Waals surface area contributed by atoms with E-state index in [0.717, 1.165) is 28.8 Å². The zero-order valence-electron chi connectivity index (χ0n) is 13.4. The smallest absolute Gasteiger partial charge is 0.123 e. The van der Waals surface area contributed by atoms with Crippen molar-refractivity contribution in [3.05, 3.63) is 28.8 Å². The first kappa shape index (κ1) is 14.9. The van der Waals surface area contributed by atoms with Gasteiger partial charge >= 0.3 is 0 Å². The molecule has 3 heteroatoms. The number of aromatic hydroxyl groups is 1. The Morgan fingerprint density at radius 3 is 1.85 bits per heavy atom. The van der Waals surface area contributed by atoms with Crippen molar-refractivity contribution in [3.63, 3.8) is 0 Å². The fourth-order valence-corrected chi connectivity index (χ4v) is 2.45. The highest BCUT2D eigenvalue weighted by atomic mass is 16.6. The average molecular weight is 275 g/mol. The van der Waals surface area contributed by atoms with E-state index in [1.54, 1.807) is 0 Å². The molecule has 0 aliphatic carbocycles. The van der Waals surface area contributed by atoms with Gasteiger partial charge in [0.1, 0.15) is 12.4 Å². The van der Waals surface area contributed by atoms with E-state index in [4.69, 9.17) is 4.84 Å². The second-order valence-electron chi connectivity index (χ2n) is 7.54. The highest BCUT2D eigenvalue weighted by Gasteiger charge is 2.27. The van der Waals surface area contributed by atoms with E-state index in [1.807, 2.05) is 0 Å². The van der Waals surface area contributed by atoms with Crippen molar-refractivity contribution in [2.24, 2.45) is 5.16 Å². The van der Waals surface area contributed by atoms with Gasteiger partial charge in [-0.3, -0.25) is 0 Å². The Labute approximate surface area is 121 Å². The summed E-state index contributed by atoms with van der Waals surface area (Å²) in [5.74, 6) is 0.410. The normalized spacial score (nSPS) is 16.0. The quantitative estimate of drug-likeness (QED) is 0.838. The summed E-state index contributed by atoms with van der Waals surface area (Å²) in [4.78, 5) is 5.12. The molecule has 1 aromatic carbocycles. The van der Waals surface area contributed by atoms with Crippen molar-refractivity contribution in [2.45, 2.75) is 58.8 Å². The van der Waals surface area contributed by atoms with Crippen LogP contribution in [-0.2, 0) is 15.7 Å². The molecule has 0 amide bonds. The van der Waals surface area contributed by atoms with Crippen LogP contribution in [0.2, 0.25) is 0 Å². The lowest BCUT2D eigenvalue weighted by atomic mass is 9.78. The maximum atomic E-state index is 10.7. The van der Waals surface area contributed by atoms with E-state index in [0.29, 0.717) is 12.4 Å². The Morgan fingerprint density at radius 2 is 1.50 bits per heavy atom. The van der Waals surface area contributed by atoms with Crippen LogP contribution in [0.1, 0.15) is 64.7 Å². The van der Waals surface area contributed by atoms with Crippen molar-refractivity contribution in [1.82, 2.24) is 0 Å². The minimum atomic E-state index is -0.111. The van der Waals surface area contributed by atoms with Crippen LogP contribution in [0, 0.1) is 0 Å². The van der Waals surface area contributed by atoms with Crippen molar-refractivity contribution >= 4 is 5.71 Å². The molecule has 0 bridgehead atoms. The third-order valence-electron chi connectivity index (χ3n) is 3.66. The number of phenols is 1. The van der Waals surface area contributed by atoms with E-state index in [1.165, 1.54) is 0 Å². The van der Waals surface area contributed by atoms with E-state index in [9.17, 15) is 5.11 Å². The molecule has 0 saturated heterocycles. The molecule has 2 rings (SSSR count). The molecule has 0 radical (unpaired) electrons. The summed E-state index contributed by atoms with van der Waals surface area (Å²) in [5, 5.41) is 14.8. The predicted octanol–water partition coefficient (Wildman–Crippen LogP) is 4.11. The van der Waals surface area contributed by atoms with Crippen molar-refractivity contribution < 1.29 is 9.94 Å². The van der Waals surface area contributed by atoms with Crippen LogP contribution >= 0.6 is 0 Å². The van der Waals surface area contributed by atoms with Crippen molar-refractivity contribution in [3.8, 4) is 5.75 Å². The van der Waals surface area contributed by atoms with Crippen molar-refractivity contribution in [2.75, 3.05) is 6.61 Å². The van der Waals surface area contributed by atoms with Crippen molar-refractivity contribution in [1.29, 1.82) is 0 Å². The van der Waals surface area contributed by atoms with Crippen LogP contribution in [0.15, 0.2) is 17.3 Å². The number of hydrogen-bond acceptors (Lipinski definition) is 3. The van der Waals surface area contributed by atoms with Crippen LogP contribution in [-0.4, -0.2) is 17.4 Å². The first-order valence-corrected chi connectivity index (χ1v) is 7.18. The Hall–Kier alpha value is -1.51. The SMILES string of the molecule is CC(C)(C)c1cc(C2=NOCC2)cc(C(C)(C)C)c1O. The van der Waals surface area contributed by atoms with Gasteiger partial charge in [-0.2, -0.15) is 0 Å². The van der Waals surface area contributed by atoms with E-state index >= 15 is 0 Å². The van der Waals surface area contributed by atoms with E-state index in [-0.39, 0.29) is 10.8 Å². The number of benzene rings is 1. The van der Waals surface area contributed by atoms with Gasteiger partial charge < -0.3 is 9.94 Å². The molecule has 1 aromatic rings. The molecule has 1 N–H and O–H groups in total. The maximum Gasteiger partial charge on any atom is 0.123 e. The van der Waals surface area contributed by atoms with Crippen LogP contribution in [0.3, 0.4) is 0 Å². The molecule has 3 nitrogen and oxygen atoms in total. The maximum absolute atomic E-state index is 10.7. The van der Waals surface area contributed by atoms with Gasteiger partial charge in [-0.25, -0.2) is 0 Å². The highest BCUT2D eigenvalue weighted by Crippen LogP contribution is 2.40. The minimum absolute atomic E-state index is 0.111. The van der Waals surface area contributed by atoms with Gasteiger partial charge in [-0.05, 0) is 23.0 Å². The summed E-state index contributed by atoms with van der Waals surface area (Å²) >= 11 is 0. The first-order chi connectivity index (χ1) is 9.10. The standard InChI is InChI=1S/C17H25NO2/c1-16(2,3)12-9-11(14-7-8-20-18-14)10-13(15(12)19)17(4,5)6/h9-10,19H,7-8H2,1-6H3. The number of oxime groups is 1. The largest absolute Gasteiger partial charge is 0.507 e. The molecule has 20 heavy (non-hydrogen) atoms. The zero-order valence-corrected chi connectivity index (χ0v) is 13.4. The molecule has 0 fully saturated rings. The Bertz CT molecular complexity index is 510. The molecule has 0 unspecified atom stereocenters. The topological polar surface area (TPSA) is 41.8 Å². The number of nitrogens with zero attached hydrogens (tertiary/aromatic N) is 1. The van der Waals surface area contributed by atoms with Crippen LogP contribution in [0.5, 0.6) is 5.75 Å². The lowest BCUT2D eigenvalue weighted by Gasteiger charge is -2.28. The van der Waals surface area contributed by atoms with Gasteiger partial charge in [0, 0.05) is 23.1 Å². The summed E-state index contributed by atoms with van der Waals surface area (Å²) in [6.07, 6.45) is 0.831. The molecular weight excluding hydrogens is 250 g/mol. The summed E-state index contributed by atoms with van der Waals surface area (Å²) in [6, 6.07) is 4.11. The molecule has 0 atom stereocenters. The molecule has 1 aliphatic rings. The first-order valence-electron chi connectivity index (χ1n) is 7.18. The summed E-state index contributed by atoms with van der Waals surface area (Å²) in [6.45, 7) is 13.3. The highest BCUT2D eigenvalue weighted by molar-refractivity contribution is 6.01. The second kappa shape index (κ2) is 4.80. The molecule has 1 aliphatic heterocycles. The van der Waals surface area contributed by atoms with Gasteiger partial charge in [-0.15, -0.1) is 0 Å². The van der Waals surface area contributed by atoms with Gasteiger partial charge in [-0.1, -0.05) is 46.7 Å². The minimum Gasteiger partial charge on any atom is -0.507 e. The van der Waals surface area contributed by atoms with Gasteiger partial charge in [0.2, 0.25) is 0 Å². The van der Waals surface area contributed by atoms with E-state index in [2.05, 4.69) is 58.8 Å². The van der Waals surface area contributed by atoms with Gasteiger partial charge in [0.05, 0.1) is 5.71 Å². The monoisotopic (exact) mass is 275 g/mol. The lowest BCUT2D eigenvalue weighted by Crippen LogP contribution is -2.18. The number of rotatable bonds is 1. The predicted molar refractivity (Wildman–Crippen MR) is 82.6 cm³/mol. The molecule has 0 saturated carbocycles. The van der Waals surface area contributed by atoms with E-state index < -0.39 is 0 Å². The molecule has 110 valence electrons. The zero-order chi connectivity index (χ0) is 15.1. The summed E-state index contributed by atoms with van der Waals surface area (Å²) in [5.41, 5.74) is 3.75. The molecular formula is C17H25NO2. The Morgan fingerprint density at radius 1 is 1.00 bits per heavy atom. The van der Waals surface area contributed by atoms with Gasteiger partial charge in [0.25, 0.3) is 0 Å². The fraction of sp³-hybridized carbons (Fsp3) is 0.588. The Balaban J connectivity index is 2.66. The van der Waals surface area contributed by atoms with Crippen LogP contribution in [0.25, 0.3) is 0 Å². The third kappa shape index (κ3) is 2.82. The second-order valence-corrected chi connectivity index (χ2v) is 7.54. The van der Waals surface area contributed by atoms with Crippen LogP contribution in [0.4, 0.5) is 0 Å².